The van der Waals surface area contributed by atoms with E-state index in [9.17, 15) is 9.59 Å². The molecule has 0 atom stereocenters. The summed E-state index contributed by atoms with van der Waals surface area (Å²) >= 11 is 0. The van der Waals surface area contributed by atoms with Gasteiger partial charge in [-0.3, -0.25) is 14.5 Å². The lowest BCUT2D eigenvalue weighted by Crippen LogP contribution is -2.42. The molecular formula is C21H24N2O4. The summed E-state index contributed by atoms with van der Waals surface area (Å²) in [5.74, 6) is 1.11. The molecule has 2 amide bonds. The van der Waals surface area contributed by atoms with Crippen LogP contribution in [0.1, 0.15) is 30.1 Å². The van der Waals surface area contributed by atoms with Crippen LogP contribution in [0.4, 0.5) is 5.69 Å². The van der Waals surface area contributed by atoms with E-state index in [1.165, 1.54) is 0 Å². The third-order valence-corrected chi connectivity index (χ3v) is 4.53. The van der Waals surface area contributed by atoms with Gasteiger partial charge in [-0.25, -0.2) is 0 Å². The first-order valence-corrected chi connectivity index (χ1v) is 9.09. The largest absolute Gasteiger partial charge is 0.497 e. The Morgan fingerprint density at radius 2 is 1.89 bits per heavy atom. The van der Waals surface area contributed by atoms with Gasteiger partial charge in [0.1, 0.15) is 18.2 Å². The first kappa shape index (κ1) is 18.8. The molecule has 1 heterocycles. The lowest BCUT2D eigenvalue weighted by atomic mass is 10.1. The van der Waals surface area contributed by atoms with Crippen molar-refractivity contribution in [3.8, 4) is 11.5 Å². The Labute approximate surface area is 159 Å². The van der Waals surface area contributed by atoms with E-state index >= 15 is 0 Å². The van der Waals surface area contributed by atoms with Gasteiger partial charge >= 0.3 is 0 Å². The Bertz CT molecular complexity index is 804. The number of para-hydroxylation sites is 1. The zero-order valence-electron chi connectivity index (χ0n) is 15.7. The molecule has 0 bridgehead atoms. The first-order valence-electron chi connectivity index (χ1n) is 9.09. The number of rotatable bonds is 7. The zero-order chi connectivity index (χ0) is 19.2. The topological polar surface area (TPSA) is 59.1 Å². The van der Waals surface area contributed by atoms with Crippen LogP contribution in [0, 0.1) is 0 Å². The molecule has 6 nitrogen and oxygen atoms in total. The number of carbonyl (C=O) groups is 2. The third-order valence-electron chi connectivity index (χ3n) is 4.53. The summed E-state index contributed by atoms with van der Waals surface area (Å²) in [4.78, 5) is 28.8. The number of amides is 2. The van der Waals surface area contributed by atoms with E-state index in [0.29, 0.717) is 42.3 Å². The number of ether oxygens (including phenoxy) is 2. The van der Waals surface area contributed by atoms with Gasteiger partial charge in [-0.15, -0.1) is 0 Å². The monoisotopic (exact) mass is 368 g/mol. The van der Waals surface area contributed by atoms with Crippen LogP contribution in [-0.2, 0) is 4.79 Å². The molecule has 0 aromatic heterocycles. The number of hydrogen-bond donors (Lipinski definition) is 0. The van der Waals surface area contributed by atoms with E-state index in [4.69, 9.17) is 9.47 Å². The van der Waals surface area contributed by atoms with Crippen LogP contribution < -0.4 is 14.4 Å². The normalized spacial score (nSPS) is 13.6. The van der Waals surface area contributed by atoms with Crippen molar-refractivity contribution in [2.75, 3.05) is 31.8 Å². The molecule has 0 aliphatic carbocycles. The van der Waals surface area contributed by atoms with Crippen LogP contribution in [-0.4, -0.2) is 43.6 Å². The fraction of sp³-hybridized carbons (Fsp3) is 0.333. The molecule has 142 valence electrons. The second-order valence-corrected chi connectivity index (χ2v) is 6.26. The van der Waals surface area contributed by atoms with Gasteiger partial charge < -0.3 is 14.4 Å². The number of carbonyl (C=O) groups excluding carboxylic acids is 2. The fourth-order valence-corrected chi connectivity index (χ4v) is 3.12. The highest BCUT2D eigenvalue weighted by Gasteiger charge is 2.27. The number of nitrogens with zero attached hydrogens (tertiary/aromatic N) is 2. The van der Waals surface area contributed by atoms with Gasteiger partial charge in [-0.2, -0.15) is 0 Å². The van der Waals surface area contributed by atoms with E-state index in [1.807, 2.05) is 31.2 Å². The molecule has 1 fully saturated rings. The summed E-state index contributed by atoms with van der Waals surface area (Å²) in [6.45, 7) is 3.22. The predicted molar refractivity (Wildman–Crippen MR) is 103 cm³/mol. The van der Waals surface area contributed by atoms with E-state index in [-0.39, 0.29) is 18.5 Å². The van der Waals surface area contributed by atoms with Crippen LogP contribution in [0.5, 0.6) is 11.5 Å². The van der Waals surface area contributed by atoms with Crippen molar-refractivity contribution in [1.82, 2.24) is 4.90 Å². The average molecular weight is 368 g/mol. The van der Waals surface area contributed by atoms with Crippen molar-refractivity contribution in [1.29, 1.82) is 0 Å². The molecular weight excluding hydrogens is 344 g/mol. The molecule has 2 aromatic rings. The number of benzene rings is 2. The van der Waals surface area contributed by atoms with Crippen LogP contribution in [0.2, 0.25) is 0 Å². The minimum Gasteiger partial charge on any atom is -0.497 e. The predicted octanol–water partition coefficient (Wildman–Crippen LogP) is 3.32. The number of anilines is 1. The van der Waals surface area contributed by atoms with Crippen molar-refractivity contribution in [3.63, 3.8) is 0 Å². The minimum atomic E-state index is -0.205. The average Bonchev–Trinajstić information content (AvgIpc) is 3.11. The fourth-order valence-electron chi connectivity index (χ4n) is 3.12. The van der Waals surface area contributed by atoms with E-state index < -0.39 is 0 Å². The van der Waals surface area contributed by atoms with E-state index in [2.05, 4.69) is 0 Å². The molecule has 0 N–H and O–H groups in total. The molecule has 1 aliphatic heterocycles. The minimum absolute atomic E-state index is 0.0689. The summed E-state index contributed by atoms with van der Waals surface area (Å²) < 4.78 is 10.8. The van der Waals surface area contributed by atoms with E-state index in [1.54, 1.807) is 41.2 Å². The molecule has 0 spiro atoms. The molecule has 1 saturated heterocycles. The lowest BCUT2D eigenvalue weighted by Gasteiger charge is -2.28. The van der Waals surface area contributed by atoms with Crippen molar-refractivity contribution in [2.45, 2.75) is 19.8 Å². The molecule has 3 rings (SSSR count). The van der Waals surface area contributed by atoms with Gasteiger partial charge in [0, 0.05) is 18.7 Å². The molecule has 27 heavy (non-hydrogen) atoms. The summed E-state index contributed by atoms with van der Waals surface area (Å²) in [6, 6.07) is 14.4. The lowest BCUT2D eigenvalue weighted by molar-refractivity contribution is -0.127. The van der Waals surface area contributed by atoms with Crippen molar-refractivity contribution in [2.24, 2.45) is 0 Å². The van der Waals surface area contributed by atoms with Gasteiger partial charge in [0.2, 0.25) is 5.91 Å². The Morgan fingerprint density at radius 3 is 2.52 bits per heavy atom. The molecule has 0 unspecified atom stereocenters. The molecule has 2 aromatic carbocycles. The van der Waals surface area contributed by atoms with Crippen LogP contribution in [0.15, 0.2) is 48.5 Å². The second-order valence-electron chi connectivity index (χ2n) is 6.26. The Morgan fingerprint density at radius 1 is 1.15 bits per heavy atom. The second kappa shape index (κ2) is 8.58. The number of likely N-dealkylation sites (tertiary alicyclic amines) is 1. The molecule has 0 radical (unpaired) electrons. The van der Waals surface area contributed by atoms with Crippen LogP contribution in [0.25, 0.3) is 0 Å². The summed E-state index contributed by atoms with van der Waals surface area (Å²) in [6.07, 6.45) is 1.35. The van der Waals surface area contributed by atoms with Crippen molar-refractivity contribution < 1.29 is 19.1 Å². The maximum atomic E-state index is 13.4. The summed E-state index contributed by atoms with van der Waals surface area (Å²) in [7, 11) is 1.60. The Kier molecular flexibility index (Phi) is 5.96. The van der Waals surface area contributed by atoms with Crippen molar-refractivity contribution >= 4 is 17.5 Å². The summed E-state index contributed by atoms with van der Waals surface area (Å²) in [5.41, 5.74) is 1.17. The third kappa shape index (κ3) is 4.22. The molecule has 0 saturated carbocycles. The van der Waals surface area contributed by atoms with Crippen molar-refractivity contribution in [3.05, 3.63) is 54.1 Å². The van der Waals surface area contributed by atoms with E-state index in [0.717, 1.165) is 6.42 Å². The van der Waals surface area contributed by atoms with Gasteiger partial charge in [0.25, 0.3) is 5.91 Å². The highest BCUT2D eigenvalue weighted by Crippen LogP contribution is 2.26. The maximum absolute atomic E-state index is 13.4. The number of hydrogen-bond acceptors (Lipinski definition) is 4. The van der Waals surface area contributed by atoms with Gasteiger partial charge in [-0.1, -0.05) is 12.1 Å². The van der Waals surface area contributed by atoms with Gasteiger partial charge in [0.05, 0.1) is 19.3 Å². The van der Waals surface area contributed by atoms with Crippen LogP contribution in [0.3, 0.4) is 0 Å². The highest BCUT2D eigenvalue weighted by molar-refractivity contribution is 6.08. The quantitative estimate of drug-likeness (QED) is 0.752. The highest BCUT2D eigenvalue weighted by atomic mass is 16.5. The van der Waals surface area contributed by atoms with Crippen LogP contribution >= 0.6 is 0 Å². The number of methoxy groups -OCH3 is 1. The molecule has 6 heteroatoms. The smallest absolute Gasteiger partial charge is 0.263 e. The maximum Gasteiger partial charge on any atom is 0.263 e. The Balaban J connectivity index is 1.95. The first-order chi connectivity index (χ1) is 13.1. The van der Waals surface area contributed by atoms with Gasteiger partial charge in [-0.05, 0) is 49.7 Å². The zero-order valence-corrected chi connectivity index (χ0v) is 15.7. The summed E-state index contributed by atoms with van der Waals surface area (Å²) in [5, 5.41) is 0. The Hall–Kier alpha value is -3.02. The molecule has 1 aliphatic rings. The standard InChI is InChI=1S/C21H24N2O4/c1-3-27-19-8-5-4-7-18(19)21(25)23(15-22-14-6-9-20(22)24)16-10-12-17(26-2)13-11-16/h4-5,7-8,10-13H,3,6,9,14-15H2,1-2H3. The van der Waals surface area contributed by atoms with Gasteiger partial charge in [0.15, 0.2) is 0 Å². The SMILES string of the molecule is CCOc1ccccc1C(=O)N(CN1CCCC1=O)c1ccc(OC)cc1.